The van der Waals surface area contributed by atoms with Crippen molar-refractivity contribution >= 4 is 27.6 Å². The molecule has 1 aliphatic heterocycles. The highest BCUT2D eigenvalue weighted by Gasteiger charge is 2.41. The second-order valence-electron chi connectivity index (χ2n) is 5.88. The zero-order valence-corrected chi connectivity index (χ0v) is 14.6. The Bertz CT molecular complexity index is 625. The fourth-order valence-electron chi connectivity index (χ4n) is 2.87. The summed E-state index contributed by atoms with van der Waals surface area (Å²) in [4.78, 5) is 10.9. The molecule has 1 aliphatic carbocycles. The highest BCUT2D eigenvalue weighted by molar-refractivity contribution is 7.98. The lowest BCUT2D eigenvalue weighted by Gasteiger charge is -2.36. The number of sulfonamides is 1. The molecule has 3 rings (SSSR count). The molecule has 0 amide bonds. The number of nitrogens with zero attached hydrogens (tertiary/aromatic N) is 4. The van der Waals surface area contributed by atoms with E-state index in [0.29, 0.717) is 0 Å². The molecule has 1 aromatic heterocycles. The lowest BCUT2D eigenvalue weighted by Crippen LogP contribution is -2.46. The number of hydrogen-bond acceptors (Lipinski definition) is 6. The molecule has 0 N–H and O–H groups in total. The van der Waals surface area contributed by atoms with Gasteiger partial charge in [-0.3, -0.25) is 0 Å². The van der Waals surface area contributed by atoms with E-state index in [0.717, 1.165) is 49.7 Å². The normalized spacial score (nSPS) is 20.6. The van der Waals surface area contributed by atoms with E-state index >= 15 is 0 Å². The number of rotatable bonds is 5. The smallest absolute Gasteiger partial charge is 0.216 e. The topological polar surface area (TPSA) is 66.4 Å². The van der Waals surface area contributed by atoms with Crippen LogP contribution in [0.1, 0.15) is 25.7 Å². The van der Waals surface area contributed by atoms with Gasteiger partial charge in [0.15, 0.2) is 5.16 Å². The van der Waals surface area contributed by atoms with Crippen molar-refractivity contribution in [2.24, 2.45) is 0 Å². The summed E-state index contributed by atoms with van der Waals surface area (Å²) in [5.41, 5.74) is 0. The largest absolute Gasteiger partial charge is 0.356 e. The van der Waals surface area contributed by atoms with E-state index in [1.165, 1.54) is 11.8 Å². The lowest BCUT2D eigenvalue weighted by molar-refractivity contribution is 0.311. The minimum absolute atomic E-state index is 0.115. The maximum absolute atomic E-state index is 12.3. The third-order valence-electron chi connectivity index (χ3n) is 4.45. The van der Waals surface area contributed by atoms with Gasteiger partial charge in [0.2, 0.25) is 10.0 Å². The average molecular weight is 342 g/mol. The number of hydrogen-bond donors (Lipinski definition) is 0. The first-order chi connectivity index (χ1) is 10.5. The number of aromatic nitrogens is 2. The Balaban J connectivity index is 1.62. The summed E-state index contributed by atoms with van der Waals surface area (Å²) in [6, 6.07) is 2.04. The highest BCUT2D eigenvalue weighted by Crippen LogP contribution is 2.33. The summed E-state index contributed by atoms with van der Waals surface area (Å²) >= 11 is 1.53. The molecule has 1 saturated carbocycles. The fraction of sp³-hybridized carbons (Fsp3) is 0.714. The Morgan fingerprint density at radius 1 is 1.27 bits per heavy atom. The fourth-order valence-corrected chi connectivity index (χ4v) is 5.05. The van der Waals surface area contributed by atoms with Crippen LogP contribution in [0.25, 0.3) is 0 Å². The van der Waals surface area contributed by atoms with Crippen LogP contribution >= 0.6 is 11.8 Å². The Labute approximate surface area is 136 Å². The predicted octanol–water partition coefficient (Wildman–Crippen LogP) is 1.59. The molecular weight excluding hydrogens is 320 g/mol. The molecule has 0 spiro atoms. The Hall–Kier alpha value is -0.860. The zero-order chi connectivity index (χ0) is 15.7. The van der Waals surface area contributed by atoms with Crippen LogP contribution in [0, 0.1) is 0 Å². The summed E-state index contributed by atoms with van der Waals surface area (Å²) in [6.45, 7) is 1.67. The van der Waals surface area contributed by atoms with Gasteiger partial charge in [0, 0.05) is 32.4 Å². The maximum atomic E-state index is 12.3. The van der Waals surface area contributed by atoms with Crippen molar-refractivity contribution < 1.29 is 8.42 Å². The Kier molecular flexibility index (Phi) is 4.61. The van der Waals surface area contributed by atoms with Crippen molar-refractivity contribution in [2.45, 2.75) is 42.1 Å². The van der Waals surface area contributed by atoms with Crippen LogP contribution in [-0.2, 0) is 10.0 Å². The molecule has 6 nitrogen and oxygen atoms in total. The maximum Gasteiger partial charge on any atom is 0.216 e. The van der Waals surface area contributed by atoms with Gasteiger partial charge in [0.05, 0.1) is 5.25 Å². The molecular formula is C14H22N4O2S2. The average Bonchev–Trinajstić information content (AvgIpc) is 3.40. The van der Waals surface area contributed by atoms with Gasteiger partial charge < -0.3 is 4.90 Å². The summed E-state index contributed by atoms with van der Waals surface area (Å²) in [7, 11) is -1.33. The van der Waals surface area contributed by atoms with Gasteiger partial charge in [-0.1, -0.05) is 11.8 Å². The van der Waals surface area contributed by atoms with Crippen molar-refractivity contribution in [2.75, 3.05) is 31.3 Å². The molecule has 0 atom stereocenters. The molecule has 22 heavy (non-hydrogen) atoms. The monoisotopic (exact) mass is 342 g/mol. The Morgan fingerprint density at radius 3 is 2.55 bits per heavy atom. The van der Waals surface area contributed by atoms with Gasteiger partial charge in [-0.05, 0) is 38.0 Å². The van der Waals surface area contributed by atoms with Crippen LogP contribution < -0.4 is 4.90 Å². The van der Waals surface area contributed by atoms with E-state index in [9.17, 15) is 8.42 Å². The van der Waals surface area contributed by atoms with Gasteiger partial charge in [0.1, 0.15) is 5.82 Å². The van der Waals surface area contributed by atoms with Crippen molar-refractivity contribution in [3.8, 4) is 0 Å². The molecule has 122 valence electrons. The molecule has 0 aromatic carbocycles. The van der Waals surface area contributed by atoms with Crippen LogP contribution in [0.4, 0.5) is 5.82 Å². The minimum Gasteiger partial charge on any atom is -0.356 e. The molecule has 0 radical (unpaired) electrons. The Morgan fingerprint density at radius 2 is 1.95 bits per heavy atom. The molecule has 2 fully saturated rings. The third-order valence-corrected chi connectivity index (χ3v) is 7.43. The van der Waals surface area contributed by atoms with E-state index in [2.05, 4.69) is 14.9 Å². The predicted molar refractivity (Wildman–Crippen MR) is 88.8 cm³/mol. The second kappa shape index (κ2) is 6.33. The van der Waals surface area contributed by atoms with E-state index in [4.69, 9.17) is 0 Å². The third kappa shape index (κ3) is 3.23. The SMILES string of the molecule is CSc1nccc(N2CCC(N(C)S(=O)(=O)C3CC3)CC2)n1. The molecule has 8 heteroatoms. The van der Waals surface area contributed by atoms with Gasteiger partial charge >= 0.3 is 0 Å². The molecule has 1 aromatic rings. The second-order valence-corrected chi connectivity index (χ2v) is 8.93. The van der Waals surface area contributed by atoms with E-state index < -0.39 is 10.0 Å². The summed E-state index contributed by atoms with van der Waals surface area (Å²) in [6.07, 6.45) is 7.09. The quantitative estimate of drug-likeness (QED) is 0.598. The summed E-state index contributed by atoms with van der Waals surface area (Å²) < 4.78 is 26.3. The van der Waals surface area contributed by atoms with Gasteiger partial charge in [-0.2, -0.15) is 0 Å². The summed E-state index contributed by atoms with van der Waals surface area (Å²) in [5.74, 6) is 0.936. The lowest BCUT2D eigenvalue weighted by atomic mass is 10.1. The number of piperidine rings is 1. The van der Waals surface area contributed by atoms with E-state index in [1.54, 1.807) is 17.5 Å². The van der Waals surface area contributed by atoms with Crippen LogP contribution in [0.15, 0.2) is 17.4 Å². The number of thioether (sulfide) groups is 1. The van der Waals surface area contributed by atoms with Crippen molar-refractivity contribution in [1.82, 2.24) is 14.3 Å². The minimum atomic E-state index is -3.07. The van der Waals surface area contributed by atoms with Crippen LogP contribution in [-0.4, -0.2) is 60.4 Å². The van der Waals surface area contributed by atoms with Gasteiger partial charge in [-0.15, -0.1) is 0 Å². The first-order valence-electron chi connectivity index (χ1n) is 7.61. The van der Waals surface area contributed by atoms with Gasteiger partial charge in [-0.25, -0.2) is 22.7 Å². The first-order valence-corrected chi connectivity index (χ1v) is 10.3. The van der Waals surface area contributed by atoms with E-state index in [-0.39, 0.29) is 11.3 Å². The van der Waals surface area contributed by atoms with Crippen LogP contribution in [0.3, 0.4) is 0 Å². The standard InChI is InChI=1S/C14H22N4O2S2/c1-17(22(19,20)12-3-4-12)11-6-9-18(10-7-11)13-5-8-15-14(16-13)21-2/h5,8,11-12H,3-4,6-7,9-10H2,1-2H3. The van der Waals surface area contributed by atoms with Crippen molar-refractivity contribution in [1.29, 1.82) is 0 Å². The molecule has 2 heterocycles. The van der Waals surface area contributed by atoms with Crippen LogP contribution in [0.5, 0.6) is 0 Å². The van der Waals surface area contributed by atoms with Crippen molar-refractivity contribution in [3.05, 3.63) is 12.3 Å². The van der Waals surface area contributed by atoms with Crippen molar-refractivity contribution in [3.63, 3.8) is 0 Å². The molecule has 0 bridgehead atoms. The van der Waals surface area contributed by atoms with E-state index in [1.807, 2.05) is 12.3 Å². The van der Waals surface area contributed by atoms with Gasteiger partial charge in [0.25, 0.3) is 0 Å². The molecule has 0 unspecified atom stereocenters. The molecule has 1 saturated heterocycles. The first kappa shape index (κ1) is 16.0. The highest BCUT2D eigenvalue weighted by atomic mass is 32.2. The zero-order valence-electron chi connectivity index (χ0n) is 13.0. The molecule has 2 aliphatic rings. The number of anilines is 1. The van der Waals surface area contributed by atoms with Crippen LogP contribution in [0.2, 0.25) is 0 Å². The summed E-state index contributed by atoms with van der Waals surface area (Å²) in [5, 5.41) is 0.648.